The van der Waals surface area contributed by atoms with Crippen LogP contribution in [-0.4, -0.2) is 18.0 Å². The maximum atomic E-state index is 12.9. The molecule has 1 amide bonds. The minimum Gasteiger partial charge on any atom is -0.453 e. The molecule has 0 unspecified atom stereocenters. The molecule has 0 saturated carbocycles. The molecular formula is C11H11ClFNO3. The molecule has 0 fully saturated rings. The van der Waals surface area contributed by atoms with E-state index in [0.717, 1.165) is 6.07 Å². The van der Waals surface area contributed by atoms with E-state index in [0.29, 0.717) is 5.69 Å². The summed E-state index contributed by atoms with van der Waals surface area (Å²) < 4.78 is 17.5. The van der Waals surface area contributed by atoms with Crippen molar-refractivity contribution in [3.63, 3.8) is 0 Å². The third-order valence-corrected chi connectivity index (χ3v) is 2.19. The number of hydrogen-bond acceptors (Lipinski definition) is 3. The molecule has 0 aliphatic carbocycles. The zero-order valence-electron chi connectivity index (χ0n) is 9.29. The number of anilines is 1. The Hall–Kier alpha value is -1.62. The summed E-state index contributed by atoms with van der Waals surface area (Å²) in [6, 6.07) is 3.77. The minimum absolute atomic E-state index is 0.0945. The summed E-state index contributed by atoms with van der Waals surface area (Å²) in [7, 11) is 0. The Balaban J connectivity index is 2.67. The molecule has 1 aromatic carbocycles. The van der Waals surface area contributed by atoms with E-state index >= 15 is 0 Å². The first kappa shape index (κ1) is 13.4. The van der Waals surface area contributed by atoms with Gasteiger partial charge in [0.15, 0.2) is 6.10 Å². The maximum Gasteiger partial charge on any atom is 0.303 e. The predicted octanol–water partition coefficient (Wildman–Crippen LogP) is 2.37. The maximum absolute atomic E-state index is 12.9. The number of nitrogens with one attached hydrogen (secondary N) is 1. The zero-order chi connectivity index (χ0) is 13.0. The van der Waals surface area contributed by atoms with Crippen LogP contribution in [0.2, 0.25) is 5.02 Å². The topological polar surface area (TPSA) is 55.4 Å². The van der Waals surface area contributed by atoms with Crippen molar-refractivity contribution in [2.24, 2.45) is 0 Å². The highest BCUT2D eigenvalue weighted by molar-refractivity contribution is 6.31. The zero-order valence-corrected chi connectivity index (χ0v) is 10.0. The van der Waals surface area contributed by atoms with E-state index in [-0.39, 0.29) is 5.02 Å². The standard InChI is InChI=1S/C11H11ClFNO3/c1-6(17-7(2)15)11(16)14-8-3-4-10(13)9(12)5-8/h3-6H,1-2H3,(H,14,16)/t6-/m1/s1. The van der Waals surface area contributed by atoms with Crippen LogP contribution in [0.1, 0.15) is 13.8 Å². The van der Waals surface area contributed by atoms with Gasteiger partial charge in [-0.1, -0.05) is 11.6 Å². The van der Waals surface area contributed by atoms with Crippen molar-refractivity contribution in [3.8, 4) is 0 Å². The van der Waals surface area contributed by atoms with E-state index in [2.05, 4.69) is 10.1 Å². The highest BCUT2D eigenvalue weighted by Gasteiger charge is 2.16. The summed E-state index contributed by atoms with van der Waals surface area (Å²) in [6.45, 7) is 2.64. The first-order valence-corrected chi connectivity index (χ1v) is 5.21. The summed E-state index contributed by atoms with van der Waals surface area (Å²) in [5, 5.41) is 2.35. The van der Waals surface area contributed by atoms with Crippen LogP contribution in [0.15, 0.2) is 18.2 Å². The molecule has 1 atom stereocenters. The third-order valence-electron chi connectivity index (χ3n) is 1.90. The molecule has 0 aliphatic heterocycles. The fraction of sp³-hybridized carbons (Fsp3) is 0.273. The van der Waals surface area contributed by atoms with Gasteiger partial charge in [0.2, 0.25) is 0 Å². The molecule has 0 radical (unpaired) electrons. The second-order valence-corrected chi connectivity index (χ2v) is 3.78. The van der Waals surface area contributed by atoms with Crippen molar-refractivity contribution >= 4 is 29.2 Å². The van der Waals surface area contributed by atoms with E-state index < -0.39 is 23.8 Å². The number of ether oxygens (including phenoxy) is 1. The van der Waals surface area contributed by atoms with Crippen molar-refractivity contribution in [2.75, 3.05) is 5.32 Å². The van der Waals surface area contributed by atoms with E-state index in [4.69, 9.17) is 11.6 Å². The number of rotatable bonds is 3. The molecule has 0 spiro atoms. The fourth-order valence-electron chi connectivity index (χ4n) is 1.12. The molecule has 0 aliphatic rings. The Morgan fingerprint density at radius 2 is 2.12 bits per heavy atom. The summed E-state index contributed by atoms with van der Waals surface area (Å²) in [5.74, 6) is -1.63. The molecule has 6 heteroatoms. The van der Waals surface area contributed by atoms with Crippen LogP contribution in [0.5, 0.6) is 0 Å². The number of carbonyl (C=O) groups is 2. The van der Waals surface area contributed by atoms with Gasteiger partial charge in [-0.05, 0) is 25.1 Å². The van der Waals surface area contributed by atoms with Gasteiger partial charge in [0, 0.05) is 12.6 Å². The molecule has 1 N–H and O–H groups in total. The molecule has 92 valence electrons. The summed E-state index contributed by atoms with van der Waals surface area (Å²) in [4.78, 5) is 22.2. The summed E-state index contributed by atoms with van der Waals surface area (Å²) >= 11 is 5.55. The SMILES string of the molecule is CC(=O)O[C@H](C)C(=O)Nc1ccc(F)c(Cl)c1. The predicted molar refractivity (Wildman–Crippen MR) is 61.3 cm³/mol. The number of hydrogen-bond donors (Lipinski definition) is 1. The molecule has 17 heavy (non-hydrogen) atoms. The van der Waals surface area contributed by atoms with Crippen LogP contribution >= 0.6 is 11.6 Å². The van der Waals surface area contributed by atoms with E-state index in [1.807, 2.05) is 0 Å². The Morgan fingerprint density at radius 1 is 1.47 bits per heavy atom. The largest absolute Gasteiger partial charge is 0.453 e. The molecule has 0 heterocycles. The minimum atomic E-state index is -0.920. The molecule has 0 aromatic heterocycles. The van der Waals surface area contributed by atoms with E-state index in [1.54, 1.807) is 0 Å². The van der Waals surface area contributed by atoms with Crippen LogP contribution in [-0.2, 0) is 14.3 Å². The molecule has 0 saturated heterocycles. The van der Waals surface area contributed by atoms with Gasteiger partial charge in [-0.2, -0.15) is 0 Å². The third kappa shape index (κ3) is 4.03. The average molecular weight is 260 g/mol. The average Bonchev–Trinajstić information content (AvgIpc) is 2.22. The van der Waals surface area contributed by atoms with E-state index in [9.17, 15) is 14.0 Å². The van der Waals surface area contributed by atoms with Crippen molar-refractivity contribution in [1.82, 2.24) is 0 Å². The lowest BCUT2D eigenvalue weighted by Crippen LogP contribution is -2.29. The number of benzene rings is 1. The lowest BCUT2D eigenvalue weighted by Gasteiger charge is -2.12. The number of esters is 1. The Morgan fingerprint density at radius 3 is 2.65 bits per heavy atom. The summed E-state index contributed by atoms with van der Waals surface area (Å²) in [5.41, 5.74) is 0.334. The number of halogens is 2. The lowest BCUT2D eigenvalue weighted by atomic mass is 10.3. The van der Waals surface area contributed by atoms with Gasteiger partial charge in [0.05, 0.1) is 5.02 Å². The van der Waals surface area contributed by atoms with Gasteiger partial charge in [0.25, 0.3) is 5.91 Å². The summed E-state index contributed by atoms with van der Waals surface area (Å²) in [6.07, 6.45) is -0.920. The molecular weight excluding hydrogens is 249 g/mol. The quantitative estimate of drug-likeness (QED) is 0.848. The van der Waals surface area contributed by atoms with Crippen LogP contribution in [0.4, 0.5) is 10.1 Å². The highest BCUT2D eigenvalue weighted by atomic mass is 35.5. The van der Waals surface area contributed by atoms with Crippen molar-refractivity contribution in [2.45, 2.75) is 20.0 Å². The first-order valence-electron chi connectivity index (χ1n) is 4.83. The normalized spacial score (nSPS) is 11.8. The Labute approximate surface area is 103 Å². The van der Waals surface area contributed by atoms with Gasteiger partial charge in [-0.3, -0.25) is 9.59 Å². The fourth-order valence-corrected chi connectivity index (χ4v) is 1.30. The second-order valence-electron chi connectivity index (χ2n) is 3.37. The highest BCUT2D eigenvalue weighted by Crippen LogP contribution is 2.19. The second kappa shape index (κ2) is 5.63. The van der Waals surface area contributed by atoms with Gasteiger partial charge in [0.1, 0.15) is 5.82 Å². The Kier molecular flexibility index (Phi) is 4.45. The first-order chi connectivity index (χ1) is 7.90. The molecule has 0 bridgehead atoms. The van der Waals surface area contributed by atoms with Crippen molar-refractivity contribution in [1.29, 1.82) is 0 Å². The van der Waals surface area contributed by atoms with Gasteiger partial charge in [-0.15, -0.1) is 0 Å². The van der Waals surface area contributed by atoms with Crippen molar-refractivity contribution < 1.29 is 18.7 Å². The van der Waals surface area contributed by atoms with Gasteiger partial charge in [-0.25, -0.2) is 4.39 Å². The Bertz CT molecular complexity index is 450. The van der Waals surface area contributed by atoms with Gasteiger partial charge >= 0.3 is 5.97 Å². The number of amides is 1. The molecule has 1 rings (SSSR count). The van der Waals surface area contributed by atoms with Crippen LogP contribution in [0.25, 0.3) is 0 Å². The van der Waals surface area contributed by atoms with Crippen LogP contribution in [0.3, 0.4) is 0 Å². The van der Waals surface area contributed by atoms with Gasteiger partial charge < -0.3 is 10.1 Å². The monoisotopic (exact) mass is 259 g/mol. The van der Waals surface area contributed by atoms with E-state index in [1.165, 1.54) is 26.0 Å². The molecule has 4 nitrogen and oxygen atoms in total. The lowest BCUT2D eigenvalue weighted by molar-refractivity contribution is -0.150. The van der Waals surface area contributed by atoms with Crippen LogP contribution in [0, 0.1) is 5.82 Å². The smallest absolute Gasteiger partial charge is 0.303 e. The molecule has 1 aromatic rings. The number of carbonyl (C=O) groups excluding carboxylic acids is 2. The van der Waals surface area contributed by atoms with Crippen molar-refractivity contribution in [3.05, 3.63) is 29.0 Å². The van der Waals surface area contributed by atoms with Crippen LogP contribution < -0.4 is 5.32 Å².